The fourth-order valence-electron chi connectivity index (χ4n) is 4.07. The largest absolute Gasteiger partial charge is 0.391 e. The Bertz CT molecular complexity index is 512. The lowest BCUT2D eigenvalue weighted by Gasteiger charge is -2.41. The van der Waals surface area contributed by atoms with Gasteiger partial charge in [-0.1, -0.05) is 43.5 Å². The second-order valence-electron chi connectivity index (χ2n) is 6.56. The maximum atomic E-state index is 10.9. The molecule has 2 nitrogen and oxygen atoms in total. The lowest BCUT2D eigenvalue weighted by atomic mass is 9.64. The van der Waals surface area contributed by atoms with Gasteiger partial charge in [0.25, 0.3) is 0 Å². The van der Waals surface area contributed by atoms with E-state index in [1.807, 2.05) is 6.07 Å². The number of benzene rings is 1. The first kappa shape index (κ1) is 13.6. The van der Waals surface area contributed by atoms with Crippen LogP contribution in [0, 0.1) is 22.7 Å². The minimum Gasteiger partial charge on any atom is -0.391 e. The minimum atomic E-state index is -0.559. The van der Waals surface area contributed by atoms with Crippen molar-refractivity contribution in [1.82, 2.24) is 0 Å². The zero-order valence-corrected chi connectivity index (χ0v) is 12.0. The Kier molecular flexibility index (Phi) is 3.81. The summed E-state index contributed by atoms with van der Waals surface area (Å²) in [4.78, 5) is 0. The van der Waals surface area contributed by atoms with E-state index in [-0.39, 0.29) is 0 Å². The molecule has 0 heterocycles. The number of rotatable bonds is 2. The minimum absolute atomic E-state index is 0.327. The van der Waals surface area contributed by atoms with Gasteiger partial charge in [-0.25, -0.2) is 0 Å². The van der Waals surface area contributed by atoms with E-state index >= 15 is 0 Å². The molecular weight excluding hydrogens is 246 g/mol. The van der Waals surface area contributed by atoms with Crippen LogP contribution in [-0.4, -0.2) is 11.2 Å². The van der Waals surface area contributed by atoms with E-state index in [0.717, 1.165) is 32.1 Å². The zero-order chi connectivity index (χ0) is 14.0. The molecule has 0 bridgehead atoms. The average molecular weight is 269 g/mol. The van der Waals surface area contributed by atoms with Crippen LogP contribution < -0.4 is 0 Å². The highest BCUT2D eigenvalue weighted by Gasteiger charge is 2.44. The third-order valence-electron chi connectivity index (χ3n) is 5.35. The molecule has 106 valence electrons. The van der Waals surface area contributed by atoms with Gasteiger partial charge in [0, 0.05) is 0 Å². The quantitative estimate of drug-likeness (QED) is 0.891. The van der Waals surface area contributed by atoms with Gasteiger partial charge in [0.2, 0.25) is 0 Å². The van der Waals surface area contributed by atoms with E-state index < -0.39 is 11.5 Å². The van der Waals surface area contributed by atoms with E-state index in [1.165, 1.54) is 30.4 Å². The number of aryl methyl sites for hydroxylation is 1. The summed E-state index contributed by atoms with van der Waals surface area (Å²) >= 11 is 0. The lowest BCUT2D eigenvalue weighted by molar-refractivity contribution is -0.00801. The zero-order valence-electron chi connectivity index (χ0n) is 12.0. The monoisotopic (exact) mass is 269 g/mol. The smallest absolute Gasteiger partial charge is 0.0878 e. The highest BCUT2D eigenvalue weighted by molar-refractivity contribution is 5.33. The third kappa shape index (κ3) is 2.36. The van der Waals surface area contributed by atoms with Crippen LogP contribution in [0.2, 0.25) is 0 Å². The Morgan fingerprint density at radius 3 is 2.55 bits per heavy atom. The SMILES string of the molecule is N#CC1(C(O)C2CCCCC2)CCc2ccccc2C1. The standard InChI is InChI=1S/C18H23NO/c19-13-18(17(20)15-7-2-1-3-8-15)11-10-14-6-4-5-9-16(14)12-18/h4-6,9,15,17,20H,1-3,7-8,10-12H2. The normalized spacial score (nSPS) is 28.4. The van der Waals surface area contributed by atoms with Crippen molar-refractivity contribution < 1.29 is 5.11 Å². The van der Waals surface area contributed by atoms with Gasteiger partial charge in [-0.3, -0.25) is 0 Å². The summed E-state index contributed by atoms with van der Waals surface area (Å²) in [7, 11) is 0. The molecule has 1 aromatic carbocycles. The molecular formula is C18H23NO. The van der Waals surface area contributed by atoms with Crippen molar-refractivity contribution in [3.8, 4) is 6.07 Å². The molecule has 2 atom stereocenters. The number of hydrogen-bond donors (Lipinski definition) is 1. The number of fused-ring (bicyclic) bond motifs is 1. The fraction of sp³-hybridized carbons (Fsp3) is 0.611. The first-order chi connectivity index (χ1) is 9.75. The Labute approximate surface area is 121 Å². The van der Waals surface area contributed by atoms with Gasteiger partial charge in [0.05, 0.1) is 17.6 Å². The number of nitrogens with zero attached hydrogens (tertiary/aromatic N) is 1. The molecule has 1 saturated carbocycles. The van der Waals surface area contributed by atoms with Crippen molar-refractivity contribution in [3.63, 3.8) is 0 Å². The molecule has 2 aliphatic carbocycles. The van der Waals surface area contributed by atoms with Gasteiger partial charge in [0.1, 0.15) is 0 Å². The molecule has 2 heteroatoms. The van der Waals surface area contributed by atoms with Gasteiger partial charge in [-0.05, 0) is 49.1 Å². The molecule has 0 saturated heterocycles. The Morgan fingerprint density at radius 1 is 1.15 bits per heavy atom. The van der Waals surface area contributed by atoms with Crippen LogP contribution >= 0.6 is 0 Å². The number of nitriles is 1. The van der Waals surface area contributed by atoms with Gasteiger partial charge >= 0.3 is 0 Å². The van der Waals surface area contributed by atoms with Crippen LogP contribution in [0.5, 0.6) is 0 Å². The topological polar surface area (TPSA) is 44.0 Å². The number of aliphatic hydroxyl groups is 1. The molecule has 0 amide bonds. The molecule has 20 heavy (non-hydrogen) atoms. The van der Waals surface area contributed by atoms with E-state index in [2.05, 4.69) is 24.3 Å². The van der Waals surface area contributed by atoms with Gasteiger partial charge < -0.3 is 5.11 Å². The predicted octanol–water partition coefficient (Wildman–Crippen LogP) is 3.63. The molecule has 1 fully saturated rings. The fourth-order valence-corrected chi connectivity index (χ4v) is 4.07. The van der Waals surface area contributed by atoms with Gasteiger partial charge in [0.15, 0.2) is 0 Å². The second kappa shape index (κ2) is 5.58. The van der Waals surface area contributed by atoms with Crippen molar-refractivity contribution in [2.45, 2.75) is 57.5 Å². The summed E-state index contributed by atoms with van der Waals surface area (Å²) in [5, 5.41) is 20.6. The summed E-state index contributed by atoms with van der Waals surface area (Å²) in [5.74, 6) is 0.327. The third-order valence-corrected chi connectivity index (χ3v) is 5.35. The van der Waals surface area contributed by atoms with Crippen molar-refractivity contribution in [3.05, 3.63) is 35.4 Å². The maximum absolute atomic E-state index is 10.9. The molecule has 0 aromatic heterocycles. The van der Waals surface area contributed by atoms with Crippen molar-refractivity contribution in [2.75, 3.05) is 0 Å². The second-order valence-corrected chi connectivity index (χ2v) is 6.56. The van der Waals surface area contributed by atoms with Crippen LogP contribution in [0.25, 0.3) is 0 Å². The Hall–Kier alpha value is -1.33. The molecule has 0 radical (unpaired) electrons. The van der Waals surface area contributed by atoms with E-state index in [9.17, 15) is 10.4 Å². The van der Waals surface area contributed by atoms with Gasteiger partial charge in [-0.2, -0.15) is 5.26 Å². The van der Waals surface area contributed by atoms with Crippen molar-refractivity contribution in [1.29, 1.82) is 5.26 Å². The van der Waals surface area contributed by atoms with Crippen molar-refractivity contribution >= 4 is 0 Å². The molecule has 2 unspecified atom stereocenters. The van der Waals surface area contributed by atoms with E-state index in [0.29, 0.717) is 5.92 Å². The first-order valence-corrected chi connectivity index (χ1v) is 7.91. The van der Waals surface area contributed by atoms with Crippen LogP contribution in [0.1, 0.15) is 49.7 Å². The van der Waals surface area contributed by atoms with Crippen molar-refractivity contribution in [2.24, 2.45) is 11.3 Å². The molecule has 0 aliphatic heterocycles. The summed E-state index contributed by atoms with van der Waals surface area (Å²) in [6.07, 6.45) is 7.87. The number of hydrogen-bond acceptors (Lipinski definition) is 2. The summed E-state index contributed by atoms with van der Waals surface area (Å²) < 4.78 is 0. The molecule has 3 rings (SSSR count). The highest BCUT2D eigenvalue weighted by Crippen LogP contribution is 2.43. The molecule has 1 aromatic rings. The highest BCUT2D eigenvalue weighted by atomic mass is 16.3. The lowest BCUT2D eigenvalue weighted by Crippen LogP contribution is -2.44. The molecule has 2 aliphatic rings. The van der Waals surface area contributed by atoms with Crippen LogP contribution in [0.4, 0.5) is 0 Å². The molecule has 0 spiro atoms. The maximum Gasteiger partial charge on any atom is 0.0878 e. The van der Waals surface area contributed by atoms with Crippen LogP contribution in [0.15, 0.2) is 24.3 Å². The number of aliphatic hydroxyl groups excluding tert-OH is 1. The molecule has 1 N–H and O–H groups in total. The Morgan fingerprint density at radius 2 is 1.85 bits per heavy atom. The summed E-state index contributed by atoms with van der Waals surface area (Å²) in [6.45, 7) is 0. The van der Waals surface area contributed by atoms with E-state index in [1.54, 1.807) is 0 Å². The predicted molar refractivity (Wildman–Crippen MR) is 79.1 cm³/mol. The average Bonchev–Trinajstić information content (AvgIpc) is 2.54. The summed E-state index contributed by atoms with van der Waals surface area (Å²) in [6, 6.07) is 10.9. The summed E-state index contributed by atoms with van der Waals surface area (Å²) in [5.41, 5.74) is 2.06. The first-order valence-electron chi connectivity index (χ1n) is 7.91. The van der Waals surface area contributed by atoms with Crippen LogP contribution in [-0.2, 0) is 12.8 Å². The van der Waals surface area contributed by atoms with Gasteiger partial charge in [-0.15, -0.1) is 0 Å². The van der Waals surface area contributed by atoms with Crippen LogP contribution in [0.3, 0.4) is 0 Å². The Balaban J connectivity index is 1.84. The van der Waals surface area contributed by atoms with E-state index in [4.69, 9.17) is 0 Å².